The SMILES string of the molecule is C=C(/C=C\C)C[C@H](NC(=O)[C@@H](NC(=O)OC)C(C)(C)C)[C@@H](O)CN(Cc1ccc(-c2ccccn2)cc1)NC(=O)[C@@H](NC(=O)OC)C(C)(C)C. The van der Waals surface area contributed by atoms with E-state index >= 15 is 0 Å². The monoisotopic (exact) mass is 694 g/mol. The number of amides is 4. The van der Waals surface area contributed by atoms with Gasteiger partial charge in [0, 0.05) is 24.8 Å². The van der Waals surface area contributed by atoms with Crippen LogP contribution in [0.1, 0.15) is 60.5 Å². The van der Waals surface area contributed by atoms with Gasteiger partial charge in [0.05, 0.1) is 32.1 Å². The van der Waals surface area contributed by atoms with Crippen molar-refractivity contribution in [2.75, 3.05) is 20.8 Å². The molecule has 13 nitrogen and oxygen atoms in total. The highest BCUT2D eigenvalue weighted by Gasteiger charge is 2.37. The Morgan fingerprint density at radius 3 is 1.92 bits per heavy atom. The summed E-state index contributed by atoms with van der Waals surface area (Å²) in [6.07, 6.45) is 2.67. The minimum absolute atomic E-state index is 0.137. The van der Waals surface area contributed by atoms with Gasteiger partial charge in [-0.15, -0.1) is 0 Å². The number of ether oxygens (including phenoxy) is 2. The third-order valence-corrected chi connectivity index (χ3v) is 7.79. The molecule has 0 unspecified atom stereocenters. The third kappa shape index (κ3) is 13.3. The van der Waals surface area contributed by atoms with Gasteiger partial charge in [-0.3, -0.25) is 20.0 Å². The van der Waals surface area contributed by atoms with Gasteiger partial charge in [0.25, 0.3) is 5.91 Å². The van der Waals surface area contributed by atoms with Crippen molar-refractivity contribution in [2.24, 2.45) is 10.8 Å². The number of pyridine rings is 1. The molecule has 4 atom stereocenters. The van der Waals surface area contributed by atoms with Gasteiger partial charge < -0.3 is 30.5 Å². The molecule has 2 rings (SSSR count). The van der Waals surface area contributed by atoms with E-state index in [1.807, 2.05) is 49.4 Å². The fourth-order valence-electron chi connectivity index (χ4n) is 5.10. The Labute approximate surface area is 295 Å². The zero-order valence-corrected chi connectivity index (χ0v) is 30.7. The maximum Gasteiger partial charge on any atom is 0.407 e. The summed E-state index contributed by atoms with van der Waals surface area (Å²) in [6.45, 7) is 16.7. The normalized spacial score (nSPS) is 14.2. The van der Waals surface area contributed by atoms with Gasteiger partial charge in [-0.1, -0.05) is 96.2 Å². The topological polar surface area (TPSA) is 171 Å². The Bertz CT molecular complexity index is 1470. The first-order valence-electron chi connectivity index (χ1n) is 16.4. The second-order valence-corrected chi connectivity index (χ2v) is 14.2. The molecule has 0 radical (unpaired) electrons. The molecule has 50 heavy (non-hydrogen) atoms. The standard InChI is InChI=1S/C37H54N6O7/c1-11-14-24(2)21-28(39-32(45)30(36(3,4)5)40-34(47)49-9)29(44)23-43(42-33(46)31(37(6,7)8)41-35(48)50-10)22-25-16-18-26(19-17-25)27-15-12-13-20-38-27/h11-20,28-31,44H,2,21-23H2,1,3-10H3,(H,39,45)(H,40,47)(H,41,48)(H,42,46)/b14-11-/t28-,29-,30+,31+/m0/s1. The lowest BCUT2D eigenvalue weighted by atomic mass is 9.85. The molecule has 0 saturated carbocycles. The molecule has 5 N–H and O–H groups in total. The number of hydrogen-bond acceptors (Lipinski definition) is 9. The number of aromatic nitrogens is 1. The smallest absolute Gasteiger partial charge is 0.407 e. The van der Waals surface area contributed by atoms with Crippen molar-refractivity contribution in [3.8, 4) is 11.3 Å². The molecular weight excluding hydrogens is 640 g/mol. The van der Waals surface area contributed by atoms with E-state index in [2.05, 4.69) is 32.9 Å². The summed E-state index contributed by atoms with van der Waals surface area (Å²) >= 11 is 0. The first-order valence-corrected chi connectivity index (χ1v) is 16.4. The predicted octanol–water partition coefficient (Wildman–Crippen LogP) is 4.49. The van der Waals surface area contributed by atoms with Gasteiger partial charge in [0.2, 0.25) is 5.91 Å². The average Bonchev–Trinajstić information content (AvgIpc) is 3.05. The van der Waals surface area contributed by atoms with Gasteiger partial charge in [-0.2, -0.15) is 0 Å². The van der Waals surface area contributed by atoms with Crippen molar-refractivity contribution >= 4 is 24.0 Å². The number of aliphatic hydroxyl groups excluding tert-OH is 1. The van der Waals surface area contributed by atoms with Crippen LogP contribution in [0.2, 0.25) is 0 Å². The maximum absolute atomic E-state index is 13.7. The van der Waals surface area contributed by atoms with Crippen LogP contribution in [0.15, 0.2) is 73.0 Å². The number of carbonyl (C=O) groups is 4. The van der Waals surface area contributed by atoms with E-state index in [0.717, 1.165) is 16.8 Å². The number of carbonyl (C=O) groups excluding carboxylic acids is 4. The molecule has 0 aliphatic carbocycles. The number of alkyl carbamates (subject to hydrolysis) is 2. The first-order chi connectivity index (χ1) is 23.4. The van der Waals surface area contributed by atoms with Crippen molar-refractivity contribution in [3.05, 3.63) is 78.5 Å². The van der Waals surface area contributed by atoms with Crippen LogP contribution >= 0.6 is 0 Å². The fraction of sp³-hybridized carbons (Fsp3) is 0.486. The van der Waals surface area contributed by atoms with E-state index in [4.69, 9.17) is 9.47 Å². The van der Waals surface area contributed by atoms with Crippen molar-refractivity contribution in [2.45, 2.75) is 85.7 Å². The molecule has 2 aromatic rings. The van der Waals surface area contributed by atoms with E-state index < -0.39 is 59.1 Å². The molecule has 1 aromatic heterocycles. The largest absolute Gasteiger partial charge is 0.453 e. The van der Waals surface area contributed by atoms with Crippen LogP contribution < -0.4 is 21.4 Å². The molecule has 0 bridgehead atoms. The number of rotatable bonds is 15. The van der Waals surface area contributed by atoms with Crippen molar-refractivity contribution in [3.63, 3.8) is 0 Å². The van der Waals surface area contributed by atoms with E-state index in [1.54, 1.807) is 59.9 Å². The van der Waals surface area contributed by atoms with Crippen LogP contribution in [0, 0.1) is 10.8 Å². The lowest BCUT2D eigenvalue weighted by Gasteiger charge is -2.35. The van der Waals surface area contributed by atoms with Crippen LogP contribution in [0.4, 0.5) is 9.59 Å². The first kappa shape index (κ1) is 41.4. The van der Waals surface area contributed by atoms with E-state index in [-0.39, 0.29) is 19.5 Å². The Kier molecular flexibility index (Phi) is 15.6. The average molecular weight is 695 g/mol. The fourth-order valence-corrected chi connectivity index (χ4v) is 5.10. The van der Waals surface area contributed by atoms with Crippen molar-refractivity contribution < 1.29 is 33.8 Å². The number of aliphatic hydroxyl groups is 1. The molecule has 1 aromatic carbocycles. The van der Waals surface area contributed by atoms with Gasteiger partial charge in [-0.25, -0.2) is 14.6 Å². The second kappa shape index (κ2) is 18.9. The number of hydrogen-bond donors (Lipinski definition) is 5. The van der Waals surface area contributed by atoms with Crippen LogP contribution in [0.25, 0.3) is 11.3 Å². The molecule has 274 valence electrons. The number of benzene rings is 1. The quantitative estimate of drug-likeness (QED) is 0.133. The van der Waals surface area contributed by atoms with Gasteiger partial charge in [0.15, 0.2) is 0 Å². The molecule has 13 heteroatoms. The molecule has 0 fully saturated rings. The lowest BCUT2D eigenvalue weighted by molar-refractivity contribution is -0.132. The number of methoxy groups -OCH3 is 2. The highest BCUT2D eigenvalue weighted by molar-refractivity contribution is 5.87. The van der Waals surface area contributed by atoms with Crippen LogP contribution in [0.5, 0.6) is 0 Å². The summed E-state index contributed by atoms with van der Waals surface area (Å²) in [5.41, 5.74) is 4.61. The third-order valence-electron chi connectivity index (χ3n) is 7.79. The predicted molar refractivity (Wildman–Crippen MR) is 192 cm³/mol. The Morgan fingerprint density at radius 2 is 1.44 bits per heavy atom. The van der Waals surface area contributed by atoms with Crippen molar-refractivity contribution in [1.82, 2.24) is 31.4 Å². The number of nitrogens with one attached hydrogen (secondary N) is 4. The van der Waals surface area contributed by atoms with Gasteiger partial charge in [-0.05, 0) is 41.9 Å². The van der Waals surface area contributed by atoms with Gasteiger partial charge in [0.1, 0.15) is 12.1 Å². The highest BCUT2D eigenvalue weighted by atomic mass is 16.5. The molecular formula is C37H54N6O7. The summed E-state index contributed by atoms with van der Waals surface area (Å²) in [5, 5.41) is 21.4. The molecule has 0 aliphatic heterocycles. The maximum atomic E-state index is 13.7. The molecule has 1 heterocycles. The number of allylic oxidation sites excluding steroid dienone is 2. The Balaban J connectivity index is 2.47. The number of hydrazine groups is 1. The molecule has 0 saturated heterocycles. The zero-order valence-electron chi connectivity index (χ0n) is 30.7. The van der Waals surface area contributed by atoms with Crippen LogP contribution in [-0.2, 0) is 25.6 Å². The summed E-state index contributed by atoms with van der Waals surface area (Å²) in [6, 6.07) is 10.4. The minimum Gasteiger partial charge on any atom is -0.453 e. The summed E-state index contributed by atoms with van der Waals surface area (Å²) in [7, 11) is 2.42. The van der Waals surface area contributed by atoms with E-state index in [1.165, 1.54) is 19.2 Å². The summed E-state index contributed by atoms with van der Waals surface area (Å²) in [4.78, 5) is 56.1. The summed E-state index contributed by atoms with van der Waals surface area (Å²) in [5.74, 6) is -1.06. The molecule has 4 amide bonds. The van der Waals surface area contributed by atoms with E-state index in [9.17, 15) is 24.3 Å². The second-order valence-electron chi connectivity index (χ2n) is 14.2. The van der Waals surface area contributed by atoms with E-state index in [0.29, 0.717) is 5.57 Å². The minimum atomic E-state index is -1.24. The number of nitrogens with zero attached hydrogens (tertiary/aromatic N) is 2. The van der Waals surface area contributed by atoms with Crippen molar-refractivity contribution in [1.29, 1.82) is 0 Å². The van der Waals surface area contributed by atoms with Crippen LogP contribution in [0.3, 0.4) is 0 Å². The Morgan fingerprint density at radius 1 is 0.880 bits per heavy atom. The van der Waals surface area contributed by atoms with Crippen LogP contribution in [-0.4, -0.2) is 84.1 Å². The summed E-state index contributed by atoms with van der Waals surface area (Å²) < 4.78 is 9.50. The molecule has 0 spiro atoms. The zero-order chi connectivity index (χ0) is 37.6. The van der Waals surface area contributed by atoms with Gasteiger partial charge >= 0.3 is 12.2 Å². The lowest BCUT2D eigenvalue weighted by Crippen LogP contribution is -2.60. The molecule has 0 aliphatic rings. The Hall–Kier alpha value is -4.75. The highest BCUT2D eigenvalue weighted by Crippen LogP contribution is 2.23.